The molecule has 0 bridgehead atoms. The van der Waals surface area contributed by atoms with Crippen molar-refractivity contribution in [3.05, 3.63) is 99.5 Å². The van der Waals surface area contributed by atoms with Crippen LogP contribution in [0.1, 0.15) is 84.3 Å². The maximum Gasteiger partial charge on any atom is 0.410 e. The molecular weight excluding hydrogens is 774 g/mol. The van der Waals surface area contributed by atoms with Gasteiger partial charge in [0.15, 0.2) is 0 Å². The van der Waals surface area contributed by atoms with Gasteiger partial charge in [-0.05, 0) is 85.8 Å². The van der Waals surface area contributed by atoms with E-state index >= 15 is 0 Å². The Morgan fingerprint density at radius 1 is 0.649 bits per heavy atom. The van der Waals surface area contributed by atoms with Crippen LogP contribution < -0.4 is 37.8 Å². The van der Waals surface area contributed by atoms with Crippen molar-refractivity contribution in [3.8, 4) is 0 Å². The molecule has 3 aromatic rings. The summed E-state index contributed by atoms with van der Waals surface area (Å²) in [6, 6.07) is 22.1. The molecule has 4 rings (SSSR count). The highest BCUT2D eigenvalue weighted by atomic mass is 35.5. The van der Waals surface area contributed by atoms with Crippen molar-refractivity contribution >= 4 is 65.0 Å². The molecule has 1 saturated heterocycles. The number of nitrogens with two attached hydrogens (primary N) is 1. The lowest BCUT2D eigenvalue weighted by Gasteiger charge is -2.38. The van der Waals surface area contributed by atoms with Gasteiger partial charge in [-0.25, -0.2) is 0 Å². The van der Waals surface area contributed by atoms with E-state index in [0.29, 0.717) is 32.2 Å². The number of amides is 5. The highest BCUT2D eigenvalue weighted by Crippen LogP contribution is 2.48. The summed E-state index contributed by atoms with van der Waals surface area (Å²) in [7, 11) is 1.50. The third-order valence-corrected chi connectivity index (χ3v) is 10.5. The van der Waals surface area contributed by atoms with Gasteiger partial charge in [0.25, 0.3) is 0 Å². The molecule has 57 heavy (non-hydrogen) atoms. The van der Waals surface area contributed by atoms with Crippen LogP contribution in [-0.4, -0.2) is 72.1 Å². The van der Waals surface area contributed by atoms with Crippen molar-refractivity contribution in [2.45, 2.75) is 96.3 Å². The van der Waals surface area contributed by atoms with Crippen molar-refractivity contribution in [2.24, 2.45) is 5.73 Å². The maximum atomic E-state index is 13.8. The summed E-state index contributed by atoms with van der Waals surface area (Å²) >= 11 is 13.4. The van der Waals surface area contributed by atoms with Crippen LogP contribution in [0.2, 0.25) is 10.0 Å². The molecule has 0 aliphatic carbocycles. The fourth-order valence-electron chi connectivity index (χ4n) is 6.15. The zero-order valence-corrected chi connectivity index (χ0v) is 35.2. The second kappa shape index (κ2) is 17.6. The van der Waals surface area contributed by atoms with Crippen LogP contribution in [0.4, 0.5) is 0 Å². The lowest BCUT2D eigenvalue weighted by atomic mass is 9.67. The van der Waals surface area contributed by atoms with Gasteiger partial charge in [-0.1, -0.05) is 89.4 Å². The van der Waals surface area contributed by atoms with Crippen LogP contribution >= 0.6 is 23.2 Å². The molecule has 2 atom stereocenters. The first-order valence-corrected chi connectivity index (χ1v) is 19.1. The Balaban J connectivity index is 1.49. The number of hydrogen-bond acceptors (Lipinski definition) is 9. The number of benzene rings is 3. The largest absolute Gasteiger partial charge is 0.543 e. The van der Waals surface area contributed by atoms with E-state index in [0.717, 1.165) is 0 Å². The van der Waals surface area contributed by atoms with E-state index in [1.165, 1.54) is 48.7 Å². The summed E-state index contributed by atoms with van der Waals surface area (Å²) in [6.45, 7) is 9.30. The van der Waals surface area contributed by atoms with E-state index in [9.17, 15) is 24.0 Å². The summed E-state index contributed by atoms with van der Waals surface area (Å²) in [6.07, 6.45) is -1.38. The standard InChI is InChI=1S/C40H52BCl2N6O8/c1-37(2,34(52)47-39(5,6)36(54)49-40(7,8)35(53)48-38(3,4)33(51)45-23-30(44)50)46-22-24-16-10-13-19-27(24)41(55-9)56-31(25-17-11-14-20-28(25)42)32(57-41)26-18-12-15-21-29(26)43/h10-21,31-32,46H,22-23H2,1-9H3,(H2,44,50)(H,45,51)(H,47,52)(H,48,53)(H,49,54)/q-1/t31-,32-/m1/s1. The van der Waals surface area contributed by atoms with Gasteiger partial charge in [-0.3, -0.25) is 29.3 Å². The molecular formula is C40H52BCl2N6O8-. The van der Waals surface area contributed by atoms with E-state index in [-0.39, 0.29) is 6.54 Å². The average Bonchev–Trinajstić information content (AvgIpc) is 3.53. The van der Waals surface area contributed by atoms with Gasteiger partial charge in [0.05, 0.1) is 24.3 Å². The van der Waals surface area contributed by atoms with Crippen LogP contribution in [0, 0.1) is 0 Å². The number of carbonyl (C=O) groups excluding carboxylic acids is 5. The Hall–Kier alpha value is -4.51. The molecule has 0 unspecified atom stereocenters. The van der Waals surface area contributed by atoms with Crippen LogP contribution in [-0.2, 0) is 44.5 Å². The van der Waals surface area contributed by atoms with Crippen LogP contribution in [0.3, 0.4) is 0 Å². The first-order chi connectivity index (χ1) is 26.5. The molecule has 0 spiro atoms. The van der Waals surface area contributed by atoms with Crippen molar-refractivity contribution in [3.63, 3.8) is 0 Å². The zero-order valence-electron chi connectivity index (χ0n) is 33.7. The van der Waals surface area contributed by atoms with Crippen molar-refractivity contribution < 1.29 is 37.9 Å². The first kappa shape index (κ1) is 45.2. The quantitative estimate of drug-likeness (QED) is 0.117. The lowest BCUT2D eigenvalue weighted by Crippen LogP contribution is -2.67. The molecule has 1 aliphatic rings. The Labute approximate surface area is 343 Å². The van der Waals surface area contributed by atoms with Crippen molar-refractivity contribution in [1.82, 2.24) is 26.6 Å². The minimum atomic E-state index is -2.60. The van der Waals surface area contributed by atoms with Gasteiger partial charge in [-0.15, -0.1) is 5.46 Å². The molecule has 5 amide bonds. The second-order valence-corrected chi connectivity index (χ2v) is 16.9. The maximum absolute atomic E-state index is 13.8. The molecule has 308 valence electrons. The summed E-state index contributed by atoms with van der Waals surface area (Å²) in [4.78, 5) is 64.2. The molecule has 17 heteroatoms. The van der Waals surface area contributed by atoms with E-state index in [1.807, 2.05) is 60.7 Å². The Bertz CT molecular complexity index is 1960. The molecule has 14 nitrogen and oxygen atoms in total. The second-order valence-electron chi connectivity index (χ2n) is 16.1. The first-order valence-electron chi connectivity index (χ1n) is 18.4. The number of primary amides is 1. The van der Waals surface area contributed by atoms with Gasteiger partial charge in [0.1, 0.15) is 16.6 Å². The summed E-state index contributed by atoms with van der Waals surface area (Å²) in [5.74, 6) is -3.24. The predicted molar refractivity (Wildman–Crippen MR) is 219 cm³/mol. The van der Waals surface area contributed by atoms with Crippen LogP contribution in [0.5, 0.6) is 0 Å². The predicted octanol–water partition coefficient (Wildman–Crippen LogP) is 3.47. The summed E-state index contributed by atoms with van der Waals surface area (Å²) in [5, 5.41) is 14.6. The monoisotopic (exact) mass is 825 g/mol. The van der Waals surface area contributed by atoms with Gasteiger partial charge in [0.2, 0.25) is 29.5 Å². The number of hydrogen-bond donors (Lipinski definition) is 6. The van der Waals surface area contributed by atoms with E-state index < -0.39 is 77.2 Å². The lowest BCUT2D eigenvalue weighted by molar-refractivity contribution is -0.140. The fourth-order valence-corrected chi connectivity index (χ4v) is 6.63. The van der Waals surface area contributed by atoms with Crippen molar-refractivity contribution in [1.29, 1.82) is 0 Å². The Kier molecular flexibility index (Phi) is 13.9. The van der Waals surface area contributed by atoms with Crippen molar-refractivity contribution in [2.75, 3.05) is 13.7 Å². The van der Waals surface area contributed by atoms with Crippen LogP contribution in [0.25, 0.3) is 0 Å². The van der Waals surface area contributed by atoms with E-state index in [1.54, 1.807) is 26.0 Å². The highest BCUT2D eigenvalue weighted by Gasteiger charge is 2.48. The van der Waals surface area contributed by atoms with Crippen LogP contribution in [0.15, 0.2) is 72.8 Å². The van der Waals surface area contributed by atoms with E-state index in [4.69, 9.17) is 42.9 Å². The normalized spacial score (nSPS) is 17.0. The Morgan fingerprint density at radius 2 is 1.05 bits per heavy atom. The zero-order chi connectivity index (χ0) is 42.6. The number of halogens is 2. The van der Waals surface area contributed by atoms with Gasteiger partial charge in [0, 0.05) is 16.6 Å². The molecule has 7 N–H and O–H groups in total. The van der Waals surface area contributed by atoms with E-state index in [2.05, 4.69) is 26.6 Å². The highest BCUT2D eigenvalue weighted by molar-refractivity contribution is 6.76. The fraction of sp³-hybridized carbons (Fsp3) is 0.425. The average molecular weight is 827 g/mol. The molecule has 3 aromatic carbocycles. The number of carbonyl (C=O) groups is 5. The summed E-state index contributed by atoms with van der Waals surface area (Å²) in [5.41, 5.74) is 2.13. The molecule has 1 heterocycles. The minimum Gasteiger partial charge on any atom is -0.543 e. The Morgan fingerprint density at radius 3 is 1.49 bits per heavy atom. The van der Waals surface area contributed by atoms with Gasteiger partial charge in [-0.2, -0.15) is 0 Å². The number of rotatable bonds is 16. The third kappa shape index (κ3) is 10.5. The van der Waals surface area contributed by atoms with Gasteiger partial charge >= 0.3 is 6.75 Å². The molecule has 1 aliphatic heterocycles. The molecule has 1 fully saturated rings. The van der Waals surface area contributed by atoms with Gasteiger partial charge < -0.3 is 41.0 Å². The molecule has 0 saturated carbocycles. The molecule has 0 radical (unpaired) electrons. The number of nitrogens with one attached hydrogen (secondary N) is 5. The smallest absolute Gasteiger partial charge is 0.410 e. The topological polar surface area (TPSA) is 199 Å². The minimum absolute atomic E-state index is 0.159. The summed E-state index contributed by atoms with van der Waals surface area (Å²) < 4.78 is 19.6. The molecule has 0 aromatic heterocycles. The SMILES string of the molecule is CO[B-]1(c2ccccc2CNC(C)(C)C(=O)NC(C)(C)C(=O)NC(C)(C)C(=O)NC(C)(C)C(=O)NCC(N)=O)O[C@H](c2ccccc2Cl)[C@@H](c2ccccc2Cl)O1. The third-order valence-electron chi connectivity index (χ3n) is 9.79.